The van der Waals surface area contributed by atoms with Gasteiger partial charge in [0.05, 0.1) is 35.6 Å². The molecule has 45 heavy (non-hydrogen) atoms. The lowest BCUT2D eigenvalue weighted by atomic mass is 10.1. The predicted octanol–water partition coefficient (Wildman–Crippen LogP) is 6.14. The lowest BCUT2D eigenvalue weighted by molar-refractivity contribution is -0.385. The number of rotatable bonds is 12. The summed E-state index contributed by atoms with van der Waals surface area (Å²) in [5, 5.41) is 19.2. The number of benzene rings is 4. The van der Waals surface area contributed by atoms with Crippen LogP contribution in [0.25, 0.3) is 6.08 Å². The first-order valence-electron chi connectivity index (χ1n) is 13.6. The third-order valence-corrected chi connectivity index (χ3v) is 7.50. The van der Waals surface area contributed by atoms with Crippen molar-refractivity contribution in [2.75, 3.05) is 24.9 Å². The Kier molecular flexibility index (Phi) is 10.9. The Morgan fingerprint density at radius 1 is 0.867 bits per heavy atom. The standard InChI is InChI=1S/C33H30N4O7S/c1-21(31(38)35-27-17-16-25(43-2)20-30(27)44-3)45-26-14-9-13-24(19-26)34-33(40)28(36-32(39)22-10-5-4-6-11-22)18-23-12-7-8-15-29(23)37(41)42/h4-21H,1-3H3,(H,34,40)(H,35,38)(H,36,39)/b28-18+. The SMILES string of the molecule is COc1ccc(NC(=O)C(C)Sc2cccc(NC(=O)/C(=C\c3ccccc3[N+](=O)[O-])NC(=O)c3ccccc3)c2)c(OC)c1. The van der Waals surface area contributed by atoms with Crippen LogP contribution in [-0.4, -0.2) is 42.1 Å². The molecule has 0 aliphatic carbocycles. The van der Waals surface area contributed by atoms with Gasteiger partial charge in [0, 0.05) is 28.3 Å². The van der Waals surface area contributed by atoms with E-state index in [1.165, 1.54) is 50.3 Å². The summed E-state index contributed by atoms with van der Waals surface area (Å²) in [6.45, 7) is 1.74. The Labute approximate surface area is 263 Å². The lowest BCUT2D eigenvalue weighted by Crippen LogP contribution is -2.30. The van der Waals surface area contributed by atoms with E-state index in [0.717, 1.165) is 0 Å². The quantitative estimate of drug-likeness (QED) is 0.0735. The van der Waals surface area contributed by atoms with E-state index in [9.17, 15) is 24.5 Å². The van der Waals surface area contributed by atoms with Gasteiger partial charge < -0.3 is 25.4 Å². The van der Waals surface area contributed by atoms with Gasteiger partial charge in [-0.25, -0.2) is 0 Å². The number of thioether (sulfide) groups is 1. The summed E-state index contributed by atoms with van der Waals surface area (Å²) in [4.78, 5) is 51.1. The zero-order chi connectivity index (χ0) is 32.3. The number of amides is 3. The van der Waals surface area contributed by atoms with Crippen LogP contribution in [0.15, 0.2) is 108 Å². The van der Waals surface area contributed by atoms with Crippen LogP contribution in [-0.2, 0) is 9.59 Å². The molecule has 0 aromatic heterocycles. The van der Waals surface area contributed by atoms with Crippen LogP contribution in [0.3, 0.4) is 0 Å². The van der Waals surface area contributed by atoms with E-state index in [4.69, 9.17) is 9.47 Å². The summed E-state index contributed by atoms with van der Waals surface area (Å²) in [6.07, 6.45) is 1.26. The molecule has 0 aliphatic rings. The largest absolute Gasteiger partial charge is 0.497 e. The van der Waals surface area contributed by atoms with Gasteiger partial charge in [0.15, 0.2) is 0 Å². The minimum absolute atomic E-state index is 0.138. The van der Waals surface area contributed by atoms with Crippen molar-refractivity contribution in [1.29, 1.82) is 0 Å². The molecule has 0 aliphatic heterocycles. The van der Waals surface area contributed by atoms with Crippen molar-refractivity contribution in [3.63, 3.8) is 0 Å². The monoisotopic (exact) mass is 626 g/mol. The molecular weight excluding hydrogens is 596 g/mol. The lowest BCUT2D eigenvalue weighted by Gasteiger charge is -2.16. The van der Waals surface area contributed by atoms with Crippen LogP contribution in [0, 0.1) is 10.1 Å². The summed E-state index contributed by atoms with van der Waals surface area (Å²) in [5.74, 6) is -0.485. The first-order chi connectivity index (χ1) is 21.7. The van der Waals surface area contributed by atoms with Crippen LogP contribution < -0.4 is 25.4 Å². The van der Waals surface area contributed by atoms with Crippen LogP contribution in [0.4, 0.5) is 17.1 Å². The van der Waals surface area contributed by atoms with E-state index in [2.05, 4.69) is 16.0 Å². The number of para-hydroxylation sites is 1. The van der Waals surface area contributed by atoms with Crippen LogP contribution in [0.1, 0.15) is 22.8 Å². The average Bonchev–Trinajstić information content (AvgIpc) is 3.05. The highest BCUT2D eigenvalue weighted by Crippen LogP contribution is 2.31. The molecule has 0 heterocycles. The minimum Gasteiger partial charge on any atom is -0.497 e. The molecule has 0 bridgehead atoms. The molecule has 12 heteroatoms. The third-order valence-electron chi connectivity index (χ3n) is 6.40. The van der Waals surface area contributed by atoms with Crippen molar-refractivity contribution < 1.29 is 28.8 Å². The normalized spacial score (nSPS) is 11.6. The smallest absolute Gasteiger partial charge is 0.276 e. The number of hydrogen-bond acceptors (Lipinski definition) is 8. The first kappa shape index (κ1) is 32.3. The topological polar surface area (TPSA) is 149 Å². The van der Waals surface area contributed by atoms with E-state index < -0.39 is 22.0 Å². The van der Waals surface area contributed by atoms with Crippen LogP contribution in [0.5, 0.6) is 11.5 Å². The molecule has 4 rings (SSSR count). The van der Waals surface area contributed by atoms with E-state index in [0.29, 0.717) is 33.3 Å². The molecule has 0 saturated carbocycles. The molecule has 230 valence electrons. The summed E-state index contributed by atoms with van der Waals surface area (Å²) in [7, 11) is 3.03. The Balaban J connectivity index is 1.52. The number of ether oxygens (including phenoxy) is 2. The Hall–Kier alpha value is -5.62. The Bertz CT molecular complexity index is 1740. The van der Waals surface area contributed by atoms with Crippen molar-refractivity contribution in [2.24, 2.45) is 0 Å². The van der Waals surface area contributed by atoms with Gasteiger partial charge in [-0.05, 0) is 61.5 Å². The maximum absolute atomic E-state index is 13.5. The van der Waals surface area contributed by atoms with Crippen molar-refractivity contribution in [3.8, 4) is 11.5 Å². The molecule has 1 atom stereocenters. The molecule has 3 amide bonds. The van der Waals surface area contributed by atoms with E-state index in [-0.39, 0.29) is 22.9 Å². The number of nitro groups is 1. The summed E-state index contributed by atoms with van der Waals surface area (Å²) >= 11 is 1.27. The van der Waals surface area contributed by atoms with E-state index >= 15 is 0 Å². The molecule has 4 aromatic carbocycles. The van der Waals surface area contributed by atoms with Gasteiger partial charge in [-0.2, -0.15) is 0 Å². The Morgan fingerprint density at radius 2 is 1.60 bits per heavy atom. The fourth-order valence-corrected chi connectivity index (χ4v) is 5.04. The van der Waals surface area contributed by atoms with Gasteiger partial charge in [-0.15, -0.1) is 11.8 Å². The predicted molar refractivity (Wildman–Crippen MR) is 174 cm³/mol. The number of carbonyl (C=O) groups excluding carboxylic acids is 3. The Morgan fingerprint density at radius 3 is 2.31 bits per heavy atom. The minimum atomic E-state index is -0.697. The van der Waals surface area contributed by atoms with Gasteiger partial charge in [-0.3, -0.25) is 24.5 Å². The average molecular weight is 627 g/mol. The second-order valence-electron chi connectivity index (χ2n) is 9.49. The van der Waals surface area contributed by atoms with Gasteiger partial charge in [-0.1, -0.05) is 36.4 Å². The highest BCUT2D eigenvalue weighted by atomic mass is 32.2. The van der Waals surface area contributed by atoms with Crippen molar-refractivity contribution in [3.05, 3.63) is 124 Å². The van der Waals surface area contributed by atoms with Crippen molar-refractivity contribution in [2.45, 2.75) is 17.1 Å². The molecule has 0 spiro atoms. The zero-order valence-corrected chi connectivity index (χ0v) is 25.4. The van der Waals surface area contributed by atoms with Gasteiger partial charge in [0.25, 0.3) is 17.5 Å². The molecular formula is C33H30N4O7S. The number of carbonyl (C=O) groups is 3. The number of methoxy groups -OCH3 is 2. The van der Waals surface area contributed by atoms with Gasteiger partial charge >= 0.3 is 0 Å². The fourth-order valence-electron chi connectivity index (χ4n) is 4.11. The number of anilines is 2. The van der Waals surface area contributed by atoms with Gasteiger partial charge in [0.2, 0.25) is 5.91 Å². The van der Waals surface area contributed by atoms with Gasteiger partial charge in [0.1, 0.15) is 17.2 Å². The molecule has 0 saturated heterocycles. The van der Waals surface area contributed by atoms with Crippen molar-refractivity contribution in [1.82, 2.24) is 5.32 Å². The molecule has 11 nitrogen and oxygen atoms in total. The third kappa shape index (κ3) is 8.71. The molecule has 3 N–H and O–H groups in total. The van der Waals surface area contributed by atoms with Crippen molar-refractivity contribution >= 4 is 52.6 Å². The van der Waals surface area contributed by atoms with E-state index in [1.807, 2.05) is 0 Å². The second-order valence-corrected chi connectivity index (χ2v) is 10.9. The van der Waals surface area contributed by atoms with Crippen LogP contribution in [0.2, 0.25) is 0 Å². The zero-order valence-electron chi connectivity index (χ0n) is 24.6. The molecule has 1 unspecified atom stereocenters. The molecule has 4 aromatic rings. The number of nitro benzene ring substituents is 1. The first-order valence-corrected chi connectivity index (χ1v) is 14.5. The summed E-state index contributed by atoms with van der Waals surface area (Å²) in [5.41, 5.74) is 0.895. The molecule has 0 fully saturated rings. The van der Waals surface area contributed by atoms with E-state index in [1.54, 1.807) is 85.8 Å². The molecule has 0 radical (unpaired) electrons. The summed E-state index contributed by atoms with van der Waals surface area (Å²) < 4.78 is 10.6. The number of nitrogens with one attached hydrogen (secondary N) is 3. The number of nitrogens with zero attached hydrogens (tertiary/aromatic N) is 1. The number of hydrogen-bond donors (Lipinski definition) is 3. The maximum atomic E-state index is 13.5. The fraction of sp³-hybridized carbons (Fsp3) is 0.121. The highest BCUT2D eigenvalue weighted by Gasteiger charge is 2.20. The van der Waals surface area contributed by atoms with Crippen LogP contribution >= 0.6 is 11.8 Å². The summed E-state index contributed by atoms with van der Waals surface area (Å²) in [6, 6.07) is 26.1. The second kappa shape index (κ2) is 15.2. The maximum Gasteiger partial charge on any atom is 0.276 e. The highest BCUT2D eigenvalue weighted by molar-refractivity contribution is 8.00.